The van der Waals surface area contributed by atoms with Crippen LogP contribution in [0.15, 0.2) is 52.7 Å². The van der Waals surface area contributed by atoms with Crippen LogP contribution >= 0.6 is 11.3 Å². The van der Waals surface area contributed by atoms with E-state index in [9.17, 15) is 18.3 Å². The number of benzene rings is 2. The molecule has 8 nitrogen and oxygen atoms in total. The molecular weight excluding hydrogens is 472 g/mol. The number of hydrogen-bond acceptors (Lipinski definition) is 7. The molecule has 10 heteroatoms. The lowest BCUT2D eigenvalue weighted by atomic mass is 10.0. The number of urea groups is 1. The van der Waals surface area contributed by atoms with Crippen molar-refractivity contribution in [1.29, 1.82) is 0 Å². The number of carbonyl (C=O) groups excluding carboxylic acids is 1. The molecule has 1 aromatic heterocycles. The fourth-order valence-corrected chi connectivity index (χ4v) is 6.78. The first kappa shape index (κ1) is 22.4. The van der Waals surface area contributed by atoms with Gasteiger partial charge in [0.05, 0.1) is 16.8 Å². The number of piperazine rings is 1. The summed E-state index contributed by atoms with van der Waals surface area (Å²) in [5.41, 5.74) is 2.85. The van der Waals surface area contributed by atoms with Crippen LogP contribution in [0, 0.1) is 12.3 Å². The highest BCUT2D eigenvalue weighted by Gasteiger charge is 2.35. The molecule has 2 aromatic carbocycles. The van der Waals surface area contributed by atoms with E-state index >= 15 is 0 Å². The minimum Gasteiger partial charge on any atom is -0.387 e. The maximum absolute atomic E-state index is 12.6. The fourth-order valence-electron chi connectivity index (χ4n) is 4.38. The molecule has 1 atom stereocenters. The van der Waals surface area contributed by atoms with E-state index in [0.29, 0.717) is 48.1 Å². The van der Waals surface area contributed by atoms with E-state index in [0.717, 1.165) is 11.3 Å². The molecule has 2 aliphatic heterocycles. The summed E-state index contributed by atoms with van der Waals surface area (Å²) in [5, 5.41) is 15.2. The molecule has 1 saturated heterocycles. The van der Waals surface area contributed by atoms with Gasteiger partial charge in [-0.25, -0.2) is 18.2 Å². The number of aromatic nitrogens is 1. The van der Waals surface area contributed by atoms with Crippen LogP contribution in [-0.4, -0.2) is 61.4 Å². The smallest absolute Gasteiger partial charge is 0.323 e. The number of aliphatic hydroxyl groups excluding tert-OH is 1. The average molecular weight is 495 g/mol. The van der Waals surface area contributed by atoms with E-state index in [2.05, 4.69) is 21.1 Å². The Bertz CT molecular complexity index is 1390. The second kappa shape index (κ2) is 8.76. The van der Waals surface area contributed by atoms with Crippen LogP contribution in [0.5, 0.6) is 0 Å². The maximum Gasteiger partial charge on any atom is 0.323 e. The molecule has 0 radical (unpaired) electrons. The lowest BCUT2D eigenvalue weighted by Gasteiger charge is -2.36. The van der Waals surface area contributed by atoms with Crippen LogP contribution in [0.4, 0.5) is 16.3 Å². The Kier molecular flexibility index (Phi) is 5.77. The number of carbonyl (C=O) groups is 1. The third kappa shape index (κ3) is 4.14. The molecule has 2 N–H and O–H groups in total. The van der Waals surface area contributed by atoms with Gasteiger partial charge in [0.2, 0.25) is 0 Å². The van der Waals surface area contributed by atoms with Gasteiger partial charge >= 0.3 is 6.03 Å². The quantitative estimate of drug-likeness (QED) is 0.543. The summed E-state index contributed by atoms with van der Waals surface area (Å²) in [6.07, 6.45) is 4.34. The minimum atomic E-state index is -3.52. The number of sulfone groups is 1. The van der Waals surface area contributed by atoms with Crippen LogP contribution in [0.1, 0.15) is 16.7 Å². The molecule has 2 amide bonds. The number of amides is 2. The Labute approximate surface area is 201 Å². The normalized spacial score (nSPS) is 18.9. The number of anilines is 2. The third-order valence-corrected chi connectivity index (χ3v) is 8.67. The summed E-state index contributed by atoms with van der Waals surface area (Å²) in [7, 11) is -3.52. The van der Waals surface area contributed by atoms with Gasteiger partial charge in [0.25, 0.3) is 0 Å². The van der Waals surface area contributed by atoms with Crippen molar-refractivity contribution in [2.24, 2.45) is 0 Å². The van der Waals surface area contributed by atoms with Crippen LogP contribution < -0.4 is 10.2 Å². The number of rotatable bonds is 3. The average Bonchev–Trinajstić information content (AvgIpc) is 3.40. The Hall–Kier alpha value is -3.39. The summed E-state index contributed by atoms with van der Waals surface area (Å²) >= 11 is 1.31. The molecule has 174 valence electrons. The zero-order valence-electron chi connectivity index (χ0n) is 18.1. The van der Waals surface area contributed by atoms with Gasteiger partial charge in [-0.15, -0.1) is 17.8 Å². The van der Waals surface area contributed by atoms with Crippen molar-refractivity contribution in [3.8, 4) is 23.5 Å². The van der Waals surface area contributed by atoms with Gasteiger partial charge in [-0.05, 0) is 23.6 Å². The van der Waals surface area contributed by atoms with Gasteiger partial charge in [0.15, 0.2) is 14.8 Å². The molecular formula is C24H22N4O4S2. The molecule has 3 aromatic rings. The van der Waals surface area contributed by atoms with Crippen molar-refractivity contribution in [2.45, 2.75) is 11.0 Å². The SMILES string of the molecule is C#Cc1nc(NC(=O)N2CCN(c3ccc(-c4cccc5c4S(=O)(=O)CC5O)cc3)CC2)cs1. The van der Waals surface area contributed by atoms with Gasteiger partial charge in [0.1, 0.15) is 5.82 Å². The Balaban J connectivity index is 1.26. The monoisotopic (exact) mass is 494 g/mol. The number of nitrogens with zero attached hydrogens (tertiary/aromatic N) is 3. The molecule has 5 rings (SSSR count). The lowest BCUT2D eigenvalue weighted by molar-refractivity contribution is 0.204. The van der Waals surface area contributed by atoms with E-state index in [1.54, 1.807) is 28.5 Å². The van der Waals surface area contributed by atoms with E-state index in [1.165, 1.54) is 11.3 Å². The van der Waals surface area contributed by atoms with Gasteiger partial charge in [-0.1, -0.05) is 30.3 Å². The molecule has 34 heavy (non-hydrogen) atoms. The van der Waals surface area contributed by atoms with E-state index in [1.807, 2.05) is 24.3 Å². The van der Waals surface area contributed by atoms with E-state index in [-0.39, 0.29) is 16.7 Å². The van der Waals surface area contributed by atoms with Gasteiger partial charge in [0, 0.05) is 48.4 Å². The highest BCUT2D eigenvalue weighted by molar-refractivity contribution is 7.92. The molecule has 0 aliphatic carbocycles. The summed E-state index contributed by atoms with van der Waals surface area (Å²) < 4.78 is 25.1. The first-order valence-corrected chi connectivity index (χ1v) is 13.3. The van der Waals surface area contributed by atoms with Crippen LogP contribution in [0.25, 0.3) is 11.1 Å². The van der Waals surface area contributed by atoms with Gasteiger partial charge in [-0.3, -0.25) is 5.32 Å². The number of nitrogens with one attached hydrogen (secondary N) is 1. The zero-order chi connectivity index (χ0) is 23.9. The minimum absolute atomic E-state index is 0.204. The third-order valence-electron chi connectivity index (χ3n) is 6.07. The number of terminal acetylenes is 1. The highest BCUT2D eigenvalue weighted by Crippen LogP contribution is 2.40. The van der Waals surface area contributed by atoms with Crippen LogP contribution in [-0.2, 0) is 9.84 Å². The first-order valence-electron chi connectivity index (χ1n) is 10.7. The second-order valence-corrected chi connectivity index (χ2v) is 11.0. The molecule has 0 bridgehead atoms. The molecule has 3 heterocycles. The van der Waals surface area contributed by atoms with Crippen molar-refractivity contribution in [3.63, 3.8) is 0 Å². The number of fused-ring (bicyclic) bond motifs is 1. The molecule has 1 fully saturated rings. The highest BCUT2D eigenvalue weighted by atomic mass is 32.2. The molecule has 1 unspecified atom stereocenters. The lowest BCUT2D eigenvalue weighted by Crippen LogP contribution is -2.50. The molecule has 0 spiro atoms. The Morgan fingerprint density at radius 1 is 1.15 bits per heavy atom. The largest absolute Gasteiger partial charge is 0.387 e. The standard InChI is InChI=1S/C24H22N4O4S2/c1-2-22-25-21(14-33-22)26-24(30)28-12-10-27(11-13-28)17-8-6-16(7-9-17)18-4-3-5-19-20(29)15-34(31,32)23(18)19/h1,3-9,14,20,29H,10-13,15H2,(H,26,30). The predicted octanol–water partition coefficient (Wildman–Crippen LogP) is 2.97. The number of thiazole rings is 1. The van der Waals surface area contributed by atoms with Crippen molar-refractivity contribution >= 4 is 38.7 Å². The number of hydrogen-bond donors (Lipinski definition) is 2. The zero-order valence-corrected chi connectivity index (χ0v) is 19.8. The van der Waals surface area contributed by atoms with Crippen LogP contribution in [0.2, 0.25) is 0 Å². The topological polar surface area (TPSA) is 103 Å². The molecule has 2 aliphatic rings. The predicted molar refractivity (Wildman–Crippen MR) is 132 cm³/mol. The fraction of sp³-hybridized carbons (Fsp3) is 0.250. The molecule has 0 saturated carbocycles. The van der Waals surface area contributed by atoms with Gasteiger partial charge in [-0.2, -0.15) is 0 Å². The first-order chi connectivity index (χ1) is 16.4. The second-order valence-electron chi connectivity index (χ2n) is 8.15. The van der Waals surface area contributed by atoms with Crippen molar-refractivity contribution in [2.75, 3.05) is 42.1 Å². The van der Waals surface area contributed by atoms with Crippen molar-refractivity contribution in [1.82, 2.24) is 9.88 Å². The van der Waals surface area contributed by atoms with E-state index in [4.69, 9.17) is 6.42 Å². The van der Waals surface area contributed by atoms with Gasteiger partial charge < -0.3 is 14.9 Å². The van der Waals surface area contributed by atoms with E-state index < -0.39 is 15.9 Å². The summed E-state index contributed by atoms with van der Waals surface area (Å²) in [6.45, 7) is 2.45. The van der Waals surface area contributed by atoms with Crippen molar-refractivity contribution < 1.29 is 18.3 Å². The summed E-state index contributed by atoms with van der Waals surface area (Å²) in [4.78, 5) is 20.8. The summed E-state index contributed by atoms with van der Waals surface area (Å²) in [6, 6.07) is 12.7. The Morgan fingerprint density at radius 3 is 2.56 bits per heavy atom. The van der Waals surface area contributed by atoms with Crippen LogP contribution in [0.3, 0.4) is 0 Å². The Morgan fingerprint density at radius 2 is 1.88 bits per heavy atom. The summed E-state index contributed by atoms with van der Waals surface area (Å²) in [5.74, 6) is 2.64. The van der Waals surface area contributed by atoms with Crippen molar-refractivity contribution in [3.05, 3.63) is 58.4 Å². The maximum atomic E-state index is 12.6. The number of aliphatic hydroxyl groups is 1.